The van der Waals surface area contributed by atoms with E-state index in [0.717, 1.165) is 4.99 Å². The lowest BCUT2D eigenvalue weighted by Gasteiger charge is -2.37. The van der Waals surface area contributed by atoms with Crippen molar-refractivity contribution >= 4 is 26.0 Å². The van der Waals surface area contributed by atoms with Crippen LogP contribution >= 0.6 is 12.2 Å². The average Bonchev–Trinajstić information content (AvgIpc) is 2.73. The smallest absolute Gasteiger partial charge is 0.376 e. The summed E-state index contributed by atoms with van der Waals surface area (Å²) >= 11 is 5.92. The van der Waals surface area contributed by atoms with Gasteiger partial charge < -0.3 is 18.2 Å². The lowest BCUT2D eigenvalue weighted by Crippen LogP contribution is -2.52. The third-order valence-electron chi connectivity index (χ3n) is 4.61. The van der Waals surface area contributed by atoms with Crippen molar-refractivity contribution in [3.63, 3.8) is 0 Å². The highest BCUT2D eigenvalue weighted by Crippen LogP contribution is 2.31. The summed E-state index contributed by atoms with van der Waals surface area (Å²) in [6, 6.07) is 20.6. The normalized spacial score (nSPS) is 12.6. The van der Waals surface area contributed by atoms with Gasteiger partial charge in [0.15, 0.2) is 0 Å². The van der Waals surface area contributed by atoms with Crippen LogP contribution in [-0.2, 0) is 26.4 Å². The molecule has 4 nitrogen and oxygen atoms in total. The summed E-state index contributed by atoms with van der Waals surface area (Å²) in [7, 11) is 1.89. The van der Waals surface area contributed by atoms with Crippen LogP contribution in [0, 0.1) is 6.92 Å². The molecule has 0 spiro atoms. The van der Waals surface area contributed by atoms with Crippen molar-refractivity contribution in [2.45, 2.75) is 25.1 Å². The first-order valence-electron chi connectivity index (χ1n) is 8.91. The molecule has 2 aromatic carbocycles. The van der Waals surface area contributed by atoms with Gasteiger partial charge in [-0.25, -0.2) is 0 Å². The van der Waals surface area contributed by atoms with E-state index in [1.807, 2.05) is 36.4 Å². The first-order valence-corrected chi connectivity index (χ1v) is 11.1. The van der Waals surface area contributed by atoms with Crippen LogP contribution in [0.1, 0.15) is 17.5 Å². The van der Waals surface area contributed by atoms with Crippen LogP contribution in [0.25, 0.3) is 0 Å². The molecule has 1 unspecified atom stereocenters. The van der Waals surface area contributed by atoms with Gasteiger partial charge in [0.05, 0.1) is 10.5 Å². The maximum Gasteiger partial charge on any atom is 0.510 e. The van der Waals surface area contributed by atoms with E-state index in [0.29, 0.717) is 19.5 Å². The molecule has 27 heavy (non-hydrogen) atoms. The van der Waals surface area contributed by atoms with Gasteiger partial charge in [-0.3, -0.25) is 0 Å². The molecule has 0 aliphatic rings. The Morgan fingerprint density at radius 3 is 1.63 bits per heavy atom. The first-order chi connectivity index (χ1) is 13.1. The van der Waals surface area contributed by atoms with Crippen molar-refractivity contribution in [3.05, 3.63) is 78.7 Å². The summed E-state index contributed by atoms with van der Waals surface area (Å²) in [4.78, 5) is 2.95. The van der Waals surface area contributed by atoms with Crippen molar-refractivity contribution < 1.29 is 13.3 Å². The predicted octanol–water partition coefficient (Wildman–Crippen LogP) is 4.49. The molecule has 6 heteroatoms. The maximum absolute atomic E-state index is 5.92. The van der Waals surface area contributed by atoms with Crippen molar-refractivity contribution in [1.29, 1.82) is 0 Å². The molecule has 0 bridgehead atoms. The second-order valence-corrected chi connectivity index (χ2v) is 9.77. The summed E-state index contributed by atoms with van der Waals surface area (Å²) in [5.41, 5.74) is 2.19. The Labute approximate surface area is 169 Å². The van der Waals surface area contributed by atoms with Gasteiger partial charge in [0.1, 0.15) is 0 Å². The van der Waals surface area contributed by atoms with Crippen LogP contribution < -0.4 is 0 Å². The average molecular weight is 403 g/mol. The summed E-state index contributed by atoms with van der Waals surface area (Å²) < 4.78 is 17.1. The molecule has 0 amide bonds. The van der Waals surface area contributed by atoms with Gasteiger partial charge in [-0.1, -0.05) is 79.8 Å². The van der Waals surface area contributed by atoms with Crippen LogP contribution in [0.4, 0.5) is 0 Å². The van der Waals surface area contributed by atoms with Crippen LogP contribution in [0.2, 0.25) is 5.54 Å². The summed E-state index contributed by atoms with van der Waals surface area (Å²) in [6.07, 6.45) is 0.542. The lowest BCUT2D eigenvalue weighted by atomic mass is 10.1. The molecule has 2 aromatic rings. The van der Waals surface area contributed by atoms with Crippen LogP contribution in [-0.4, -0.2) is 40.0 Å². The monoisotopic (exact) mass is 402 g/mol. The molecule has 0 saturated carbocycles. The van der Waals surface area contributed by atoms with Gasteiger partial charge in [-0.2, -0.15) is 0 Å². The van der Waals surface area contributed by atoms with E-state index in [9.17, 15) is 0 Å². The summed E-state index contributed by atoms with van der Waals surface area (Å²) in [5, 5.41) is 0. The van der Waals surface area contributed by atoms with Gasteiger partial charge >= 0.3 is 8.80 Å². The zero-order valence-corrected chi connectivity index (χ0v) is 18.1. The summed E-state index contributed by atoms with van der Waals surface area (Å²) in [5.74, 6) is 0. The molecular weight excluding hydrogens is 374 g/mol. The van der Waals surface area contributed by atoms with E-state index in [-0.39, 0.29) is 5.54 Å². The van der Waals surface area contributed by atoms with Gasteiger partial charge in [0.2, 0.25) is 0 Å². The molecule has 1 atom stereocenters. The van der Waals surface area contributed by atoms with Gasteiger partial charge in [0.25, 0.3) is 0 Å². The number of benzene rings is 2. The standard InChI is InChI=1S/C21H28NO3SSi/c1-5-20(27(23-2,24-3)25-4)21(26)22(16-18-12-8-6-9-13-18)17-19-14-10-7-11-15-19/h6-15,20H,1,5,16-17H2,2-4H3. The molecule has 0 saturated heterocycles. The fraction of sp³-hybridized carbons (Fsp3) is 0.333. The van der Waals surface area contributed by atoms with Crippen molar-refractivity contribution in [1.82, 2.24) is 4.90 Å². The Morgan fingerprint density at radius 1 is 0.889 bits per heavy atom. The number of hydrogen-bond acceptors (Lipinski definition) is 4. The highest BCUT2D eigenvalue weighted by Gasteiger charge is 2.49. The molecule has 0 N–H and O–H groups in total. The minimum atomic E-state index is -2.95. The second kappa shape index (κ2) is 10.7. The van der Waals surface area contributed by atoms with Crippen molar-refractivity contribution in [2.75, 3.05) is 21.3 Å². The largest absolute Gasteiger partial charge is 0.510 e. The SMILES string of the molecule is [CH2]CC(C(=S)N(Cc1ccccc1)Cc1ccccc1)[Si](OC)(OC)OC. The number of rotatable bonds is 10. The molecule has 0 aliphatic carbocycles. The first kappa shape index (κ1) is 21.7. The Morgan fingerprint density at radius 2 is 1.30 bits per heavy atom. The topological polar surface area (TPSA) is 30.9 Å². The Kier molecular flexibility index (Phi) is 8.59. The molecule has 145 valence electrons. The Balaban J connectivity index is 2.33. The molecular formula is C21H28NO3SSi. The fourth-order valence-corrected chi connectivity index (χ4v) is 6.04. The molecule has 1 radical (unpaired) electrons. The van der Waals surface area contributed by atoms with Crippen molar-refractivity contribution in [3.8, 4) is 0 Å². The molecule has 2 rings (SSSR count). The zero-order valence-electron chi connectivity index (χ0n) is 16.3. The molecule has 0 aliphatic heterocycles. The van der Waals surface area contributed by atoms with E-state index >= 15 is 0 Å². The highest BCUT2D eigenvalue weighted by atomic mass is 32.1. The van der Waals surface area contributed by atoms with Crippen LogP contribution in [0.3, 0.4) is 0 Å². The third kappa shape index (κ3) is 5.46. The molecule has 0 heterocycles. The molecule has 0 aromatic heterocycles. The van der Waals surface area contributed by atoms with Crippen LogP contribution in [0.15, 0.2) is 60.7 Å². The van der Waals surface area contributed by atoms with E-state index in [4.69, 9.17) is 25.5 Å². The van der Waals surface area contributed by atoms with E-state index < -0.39 is 8.80 Å². The Bertz CT molecular complexity index is 645. The maximum atomic E-state index is 5.92. The Hall–Kier alpha value is -1.57. The van der Waals surface area contributed by atoms with Gasteiger partial charge in [0, 0.05) is 34.4 Å². The zero-order chi connectivity index (χ0) is 19.7. The third-order valence-corrected chi connectivity index (χ3v) is 8.49. The highest BCUT2D eigenvalue weighted by molar-refractivity contribution is 7.80. The van der Waals surface area contributed by atoms with Gasteiger partial charge in [-0.15, -0.1) is 0 Å². The van der Waals surface area contributed by atoms with E-state index in [1.165, 1.54) is 11.1 Å². The number of nitrogens with zero attached hydrogens (tertiary/aromatic N) is 1. The lowest BCUT2D eigenvalue weighted by molar-refractivity contribution is 0.117. The second-order valence-electron chi connectivity index (χ2n) is 6.22. The minimum Gasteiger partial charge on any atom is -0.376 e. The van der Waals surface area contributed by atoms with Gasteiger partial charge in [-0.05, 0) is 17.5 Å². The minimum absolute atomic E-state index is 0.195. The van der Waals surface area contributed by atoms with Crippen molar-refractivity contribution in [2.24, 2.45) is 0 Å². The van der Waals surface area contributed by atoms with E-state index in [2.05, 4.69) is 36.1 Å². The number of hydrogen-bond donors (Lipinski definition) is 0. The number of thiocarbonyl (C=S) groups is 1. The van der Waals surface area contributed by atoms with Crippen LogP contribution in [0.5, 0.6) is 0 Å². The fourth-order valence-electron chi connectivity index (χ4n) is 3.17. The predicted molar refractivity (Wildman–Crippen MR) is 115 cm³/mol. The quantitative estimate of drug-likeness (QED) is 0.432. The molecule has 0 fully saturated rings. The summed E-state index contributed by atoms with van der Waals surface area (Å²) in [6.45, 7) is 5.50. The van der Waals surface area contributed by atoms with E-state index in [1.54, 1.807) is 21.3 Å².